The quantitative estimate of drug-likeness (QED) is 0.0845. The Morgan fingerprint density at radius 1 is 1.21 bits per heavy atom. The molecule has 0 fully saturated rings. The zero-order valence-electron chi connectivity index (χ0n) is 21.9. The van der Waals surface area contributed by atoms with Crippen LogP contribution in [0.1, 0.15) is 28.2 Å². The van der Waals surface area contributed by atoms with Crippen molar-refractivity contribution in [3.63, 3.8) is 0 Å². The Balaban J connectivity index is 1.44. The van der Waals surface area contributed by atoms with Crippen LogP contribution in [-0.4, -0.2) is 62.6 Å². The molecule has 0 radical (unpaired) electrons. The second kappa shape index (κ2) is 14.6. The first-order valence-corrected chi connectivity index (χ1v) is 12.2. The molecule has 4 N–H and O–H groups in total. The highest BCUT2D eigenvalue weighted by Gasteiger charge is 2.31. The zero-order valence-corrected chi connectivity index (χ0v) is 21.9. The van der Waals surface area contributed by atoms with Gasteiger partial charge in [-0.3, -0.25) is 19.6 Å². The summed E-state index contributed by atoms with van der Waals surface area (Å²) in [7, 11) is 0. The summed E-state index contributed by atoms with van der Waals surface area (Å²) in [6, 6.07) is 7.69. The van der Waals surface area contributed by atoms with E-state index >= 15 is 0 Å². The summed E-state index contributed by atoms with van der Waals surface area (Å²) < 4.78 is 70.4. The Labute approximate surface area is 236 Å². The molecular weight excluding hydrogens is 569 g/mol. The summed E-state index contributed by atoms with van der Waals surface area (Å²) in [5.41, 5.74) is 0.0519. The molecule has 3 rings (SSSR count). The Morgan fingerprint density at radius 2 is 2.00 bits per heavy atom. The Kier molecular flexibility index (Phi) is 11.0. The lowest BCUT2D eigenvalue weighted by molar-refractivity contribution is -0.274. The summed E-state index contributed by atoms with van der Waals surface area (Å²) >= 11 is 0. The third kappa shape index (κ3) is 10.2. The van der Waals surface area contributed by atoms with Crippen LogP contribution in [0.4, 0.5) is 22.0 Å². The second-order valence-corrected chi connectivity index (χ2v) is 8.61. The lowest BCUT2D eigenvalue weighted by Crippen LogP contribution is -2.32. The van der Waals surface area contributed by atoms with E-state index in [9.17, 15) is 31.5 Å². The number of carbonyl (C=O) groups excluding carboxylic acids is 2. The average molecular weight is 596 g/mol. The third-order valence-electron chi connectivity index (χ3n) is 5.38. The van der Waals surface area contributed by atoms with Crippen LogP contribution in [-0.2, 0) is 24.4 Å². The SMILES string of the molecule is C=N/C(=C\N(N)CCC(F)Cn1cc(C(=O)NCc2cccc(OC(F)(F)F)c2)nn1)C(=O)NCc1ncccc1F. The molecule has 0 aliphatic heterocycles. The molecule has 17 heteroatoms. The monoisotopic (exact) mass is 595 g/mol. The van der Waals surface area contributed by atoms with Crippen LogP contribution in [0.2, 0.25) is 0 Å². The van der Waals surface area contributed by atoms with Crippen LogP contribution in [0.15, 0.2) is 65.7 Å². The second-order valence-electron chi connectivity index (χ2n) is 8.61. The summed E-state index contributed by atoms with van der Waals surface area (Å²) in [6.07, 6.45) is -2.69. The maximum Gasteiger partial charge on any atom is 0.573 e. The fraction of sp³-hybridized carbons (Fsp3) is 0.280. The maximum atomic E-state index is 14.6. The van der Waals surface area contributed by atoms with Gasteiger partial charge < -0.3 is 20.4 Å². The number of ether oxygens (including phenoxy) is 1. The summed E-state index contributed by atoms with van der Waals surface area (Å²) in [5, 5.41) is 13.3. The van der Waals surface area contributed by atoms with Gasteiger partial charge in [-0.25, -0.2) is 19.3 Å². The van der Waals surface area contributed by atoms with E-state index in [0.29, 0.717) is 5.56 Å². The molecule has 2 aromatic heterocycles. The average Bonchev–Trinajstić information content (AvgIpc) is 3.40. The Hall–Kier alpha value is -4.93. The molecule has 42 heavy (non-hydrogen) atoms. The molecule has 1 unspecified atom stereocenters. The number of halogens is 5. The van der Waals surface area contributed by atoms with E-state index < -0.39 is 35.9 Å². The Morgan fingerprint density at radius 3 is 2.71 bits per heavy atom. The lowest BCUT2D eigenvalue weighted by Gasteiger charge is -2.16. The molecule has 224 valence electrons. The Bertz CT molecular complexity index is 1410. The number of amides is 2. The fourth-order valence-corrected chi connectivity index (χ4v) is 3.40. The highest BCUT2D eigenvalue weighted by Crippen LogP contribution is 2.23. The number of pyridine rings is 1. The first-order valence-electron chi connectivity index (χ1n) is 12.2. The molecule has 2 amide bonds. The third-order valence-corrected chi connectivity index (χ3v) is 5.38. The van der Waals surface area contributed by atoms with Crippen molar-refractivity contribution in [1.29, 1.82) is 0 Å². The van der Waals surface area contributed by atoms with Crippen molar-refractivity contribution >= 4 is 18.5 Å². The smallest absolute Gasteiger partial charge is 0.406 e. The van der Waals surface area contributed by atoms with Crippen molar-refractivity contribution in [2.75, 3.05) is 6.54 Å². The predicted octanol–water partition coefficient (Wildman–Crippen LogP) is 2.40. The van der Waals surface area contributed by atoms with E-state index in [4.69, 9.17) is 5.84 Å². The minimum atomic E-state index is -4.85. The number of carbonyl (C=O) groups is 2. The van der Waals surface area contributed by atoms with Crippen LogP contribution in [0.5, 0.6) is 5.75 Å². The largest absolute Gasteiger partial charge is 0.573 e. The number of rotatable bonds is 14. The molecule has 0 aliphatic rings. The number of nitrogens with zero attached hydrogens (tertiary/aromatic N) is 6. The van der Waals surface area contributed by atoms with Gasteiger partial charge in [-0.15, -0.1) is 18.3 Å². The molecule has 3 aromatic rings. The summed E-state index contributed by atoms with van der Waals surface area (Å²) in [5.74, 6) is 3.43. The van der Waals surface area contributed by atoms with Crippen LogP contribution >= 0.6 is 0 Å². The first-order chi connectivity index (χ1) is 19.9. The van der Waals surface area contributed by atoms with Gasteiger partial charge >= 0.3 is 6.36 Å². The molecule has 1 atom stereocenters. The number of aromatic nitrogens is 4. The van der Waals surface area contributed by atoms with E-state index in [-0.39, 0.29) is 49.7 Å². The van der Waals surface area contributed by atoms with Crippen molar-refractivity contribution in [1.82, 2.24) is 35.6 Å². The van der Waals surface area contributed by atoms with Gasteiger partial charge in [-0.05, 0) is 43.0 Å². The maximum absolute atomic E-state index is 14.6. The topological polar surface area (TPSA) is 153 Å². The number of alkyl halides is 4. The van der Waals surface area contributed by atoms with Crippen LogP contribution in [0, 0.1) is 5.82 Å². The molecule has 0 aliphatic carbocycles. The van der Waals surface area contributed by atoms with Crippen molar-refractivity contribution in [3.05, 3.63) is 83.5 Å². The van der Waals surface area contributed by atoms with Gasteiger partial charge in [0.2, 0.25) is 0 Å². The number of hydrogen-bond donors (Lipinski definition) is 3. The molecule has 0 bridgehead atoms. The molecule has 12 nitrogen and oxygen atoms in total. The van der Waals surface area contributed by atoms with Gasteiger partial charge in [0.15, 0.2) is 5.69 Å². The van der Waals surface area contributed by atoms with Gasteiger partial charge in [0.1, 0.15) is 23.4 Å². The van der Waals surface area contributed by atoms with Crippen molar-refractivity contribution in [2.45, 2.75) is 38.6 Å². The number of benzene rings is 1. The van der Waals surface area contributed by atoms with E-state index in [1.807, 2.05) is 0 Å². The minimum Gasteiger partial charge on any atom is -0.406 e. The van der Waals surface area contributed by atoms with Crippen molar-refractivity contribution < 1.29 is 36.3 Å². The van der Waals surface area contributed by atoms with Crippen LogP contribution < -0.4 is 21.2 Å². The fourth-order valence-electron chi connectivity index (χ4n) is 3.40. The van der Waals surface area contributed by atoms with Crippen LogP contribution in [0.25, 0.3) is 0 Å². The minimum absolute atomic E-state index is 0.0256. The molecular formula is C25H26F5N9O3. The van der Waals surface area contributed by atoms with Crippen molar-refractivity contribution in [2.24, 2.45) is 10.8 Å². The zero-order chi connectivity index (χ0) is 30.7. The van der Waals surface area contributed by atoms with E-state index in [1.165, 1.54) is 36.7 Å². The van der Waals surface area contributed by atoms with Gasteiger partial charge in [-0.2, -0.15) is 0 Å². The molecule has 1 aromatic carbocycles. The number of hydrogen-bond acceptors (Lipinski definition) is 9. The van der Waals surface area contributed by atoms with Gasteiger partial charge in [0.25, 0.3) is 11.8 Å². The van der Waals surface area contributed by atoms with Crippen LogP contribution in [0.3, 0.4) is 0 Å². The summed E-state index contributed by atoms with van der Waals surface area (Å²) in [6.45, 7) is 2.68. The molecule has 2 heterocycles. The number of aliphatic imine (C=N–C) groups is 1. The lowest BCUT2D eigenvalue weighted by atomic mass is 10.2. The number of nitrogens with one attached hydrogen (secondary N) is 2. The molecule has 0 spiro atoms. The first kappa shape index (κ1) is 31.6. The van der Waals surface area contributed by atoms with Gasteiger partial charge in [-0.1, -0.05) is 17.3 Å². The van der Waals surface area contributed by atoms with Gasteiger partial charge in [0, 0.05) is 25.5 Å². The van der Waals surface area contributed by atoms with E-state index in [1.54, 1.807) is 0 Å². The highest BCUT2D eigenvalue weighted by atomic mass is 19.4. The number of hydrazine groups is 1. The number of nitrogens with two attached hydrogens (primary N) is 1. The standard InChI is InChI=1S/C25H26F5N9O3/c1-32-21(23(40)35-12-20-19(27)6-3-8-33-20)14-38(31)9-7-17(26)13-39-15-22(36-37-39)24(41)34-11-16-4-2-5-18(10-16)42-25(28,29)30/h2-6,8,10,14-15,17H,1,7,9,11-13,31H2,(H,34,41)(H,35,40)/b21-14-. The van der Waals surface area contributed by atoms with Crippen molar-refractivity contribution in [3.8, 4) is 5.75 Å². The van der Waals surface area contributed by atoms with E-state index in [2.05, 4.69) is 42.4 Å². The predicted molar refractivity (Wildman–Crippen MR) is 138 cm³/mol. The normalized spacial score (nSPS) is 12.4. The highest BCUT2D eigenvalue weighted by molar-refractivity contribution is 5.93. The molecule has 0 saturated heterocycles. The molecule has 0 saturated carbocycles. The summed E-state index contributed by atoms with van der Waals surface area (Å²) in [4.78, 5) is 32.1. The van der Waals surface area contributed by atoms with E-state index in [0.717, 1.165) is 28.0 Å². The van der Waals surface area contributed by atoms with Gasteiger partial charge in [0.05, 0.1) is 25.0 Å².